The summed E-state index contributed by atoms with van der Waals surface area (Å²) in [6, 6.07) is 0.641. The van der Waals surface area contributed by atoms with E-state index < -0.39 is 0 Å². The van der Waals surface area contributed by atoms with Crippen molar-refractivity contribution >= 4 is 11.8 Å². The summed E-state index contributed by atoms with van der Waals surface area (Å²) in [7, 11) is 0. The minimum Gasteiger partial charge on any atom is -0.307 e. The van der Waals surface area contributed by atoms with E-state index in [0.717, 1.165) is 18.2 Å². The molecule has 0 aliphatic carbocycles. The predicted molar refractivity (Wildman–Crippen MR) is 59.1 cm³/mol. The summed E-state index contributed by atoms with van der Waals surface area (Å²) in [5.74, 6) is 3.27. The van der Waals surface area contributed by atoms with E-state index in [1.54, 1.807) is 12.4 Å². The number of hydrogen-bond donors (Lipinski definition) is 1. The molecule has 2 rings (SSSR count). The van der Waals surface area contributed by atoms with Crippen LogP contribution >= 0.6 is 11.8 Å². The number of aromatic nitrogens is 2. The van der Waals surface area contributed by atoms with Crippen LogP contribution in [0.1, 0.15) is 12.6 Å². The van der Waals surface area contributed by atoms with Gasteiger partial charge in [0.1, 0.15) is 0 Å². The van der Waals surface area contributed by atoms with E-state index in [9.17, 15) is 0 Å². The molecule has 1 aromatic rings. The Morgan fingerprint density at radius 2 is 2.43 bits per heavy atom. The molecule has 1 saturated heterocycles. The molecule has 1 aliphatic rings. The Morgan fingerprint density at radius 3 is 3.07 bits per heavy atom. The summed E-state index contributed by atoms with van der Waals surface area (Å²) in [6.45, 7) is 3.14. The Balaban J connectivity index is 1.82. The average Bonchev–Trinajstić information content (AvgIpc) is 2.63. The third kappa shape index (κ3) is 2.45. The number of nitrogens with zero attached hydrogens (tertiary/aromatic N) is 2. The minimum absolute atomic E-state index is 0.641. The van der Waals surface area contributed by atoms with Crippen molar-refractivity contribution in [3.8, 4) is 0 Å². The molecular formula is C10H15N3S. The molecule has 0 radical (unpaired) electrons. The summed E-state index contributed by atoms with van der Waals surface area (Å²) in [5.41, 5.74) is 1.02. The van der Waals surface area contributed by atoms with E-state index in [0.29, 0.717) is 6.04 Å². The van der Waals surface area contributed by atoms with Gasteiger partial charge in [0, 0.05) is 36.9 Å². The van der Waals surface area contributed by atoms with Crippen molar-refractivity contribution in [1.82, 2.24) is 15.3 Å². The van der Waals surface area contributed by atoms with Crippen molar-refractivity contribution in [2.45, 2.75) is 19.5 Å². The summed E-state index contributed by atoms with van der Waals surface area (Å²) in [4.78, 5) is 8.27. The van der Waals surface area contributed by atoms with Crippen molar-refractivity contribution < 1.29 is 0 Å². The van der Waals surface area contributed by atoms with Crippen LogP contribution in [0.4, 0.5) is 0 Å². The third-order valence-electron chi connectivity index (χ3n) is 2.53. The Bertz CT molecular complexity index is 278. The molecule has 76 valence electrons. The largest absolute Gasteiger partial charge is 0.307 e. The number of nitrogens with one attached hydrogen (secondary N) is 1. The lowest BCUT2D eigenvalue weighted by Crippen LogP contribution is -2.33. The van der Waals surface area contributed by atoms with Gasteiger partial charge in [-0.25, -0.2) is 0 Å². The molecule has 0 amide bonds. The molecule has 1 aliphatic heterocycles. The molecule has 1 fully saturated rings. The van der Waals surface area contributed by atoms with E-state index in [-0.39, 0.29) is 0 Å². The van der Waals surface area contributed by atoms with E-state index in [2.05, 4.69) is 22.2 Å². The number of thioether (sulfide) groups is 1. The topological polar surface area (TPSA) is 37.8 Å². The summed E-state index contributed by atoms with van der Waals surface area (Å²) in [6.07, 6.45) is 5.27. The minimum atomic E-state index is 0.641. The maximum absolute atomic E-state index is 4.23. The predicted octanol–water partition coefficient (Wildman–Crippen LogP) is 1.32. The Kier molecular flexibility index (Phi) is 3.37. The first-order chi connectivity index (χ1) is 6.86. The number of hydrogen-bond acceptors (Lipinski definition) is 4. The van der Waals surface area contributed by atoms with E-state index >= 15 is 0 Å². The molecule has 0 aromatic carbocycles. The van der Waals surface area contributed by atoms with Gasteiger partial charge in [0.25, 0.3) is 0 Å². The molecule has 2 heterocycles. The zero-order valence-corrected chi connectivity index (χ0v) is 9.13. The highest BCUT2D eigenvalue weighted by Gasteiger charge is 2.22. The normalized spacial score (nSPS) is 26.6. The van der Waals surface area contributed by atoms with Crippen LogP contribution in [0.15, 0.2) is 18.6 Å². The molecule has 2 unspecified atom stereocenters. The van der Waals surface area contributed by atoms with Crippen LogP contribution in [0.5, 0.6) is 0 Å². The Labute approximate surface area is 88.7 Å². The fourth-order valence-electron chi connectivity index (χ4n) is 1.58. The monoisotopic (exact) mass is 209 g/mol. The third-order valence-corrected chi connectivity index (χ3v) is 3.88. The first kappa shape index (κ1) is 9.93. The fraction of sp³-hybridized carbons (Fsp3) is 0.600. The van der Waals surface area contributed by atoms with Crippen LogP contribution in [0, 0.1) is 5.92 Å². The van der Waals surface area contributed by atoms with Crippen molar-refractivity contribution in [2.24, 2.45) is 5.92 Å². The Morgan fingerprint density at radius 1 is 1.50 bits per heavy atom. The lowest BCUT2D eigenvalue weighted by atomic mass is 10.1. The molecular weight excluding hydrogens is 194 g/mol. The van der Waals surface area contributed by atoms with Crippen LogP contribution in [0.3, 0.4) is 0 Å². The van der Waals surface area contributed by atoms with Gasteiger partial charge in [0.15, 0.2) is 0 Å². The Hall–Kier alpha value is -0.610. The highest BCUT2D eigenvalue weighted by atomic mass is 32.2. The SMILES string of the molecule is CC1CSCC1NCc1cnccn1. The van der Waals surface area contributed by atoms with Crippen LogP contribution in [-0.2, 0) is 6.54 Å². The second-order valence-electron chi connectivity index (χ2n) is 3.70. The van der Waals surface area contributed by atoms with Gasteiger partial charge in [-0.3, -0.25) is 9.97 Å². The van der Waals surface area contributed by atoms with Gasteiger partial charge in [0.2, 0.25) is 0 Å². The fourth-order valence-corrected chi connectivity index (χ4v) is 3.02. The molecule has 0 saturated carbocycles. The first-order valence-electron chi connectivity index (χ1n) is 4.92. The maximum atomic E-state index is 4.23. The van der Waals surface area contributed by atoms with Gasteiger partial charge in [-0.2, -0.15) is 11.8 Å². The molecule has 14 heavy (non-hydrogen) atoms. The van der Waals surface area contributed by atoms with Crippen molar-refractivity contribution in [2.75, 3.05) is 11.5 Å². The quantitative estimate of drug-likeness (QED) is 0.814. The van der Waals surface area contributed by atoms with Crippen molar-refractivity contribution in [1.29, 1.82) is 0 Å². The van der Waals surface area contributed by atoms with E-state index in [4.69, 9.17) is 0 Å². The van der Waals surface area contributed by atoms with Gasteiger partial charge >= 0.3 is 0 Å². The molecule has 3 nitrogen and oxygen atoms in total. The zero-order valence-electron chi connectivity index (χ0n) is 8.31. The molecule has 2 atom stereocenters. The maximum Gasteiger partial charge on any atom is 0.0724 e. The highest BCUT2D eigenvalue weighted by Crippen LogP contribution is 2.23. The van der Waals surface area contributed by atoms with Crippen LogP contribution in [0.2, 0.25) is 0 Å². The smallest absolute Gasteiger partial charge is 0.0724 e. The first-order valence-corrected chi connectivity index (χ1v) is 6.08. The molecule has 0 bridgehead atoms. The summed E-state index contributed by atoms with van der Waals surface area (Å²) < 4.78 is 0. The molecule has 4 heteroatoms. The molecule has 1 N–H and O–H groups in total. The van der Waals surface area contributed by atoms with Gasteiger partial charge < -0.3 is 5.32 Å². The van der Waals surface area contributed by atoms with E-state index in [1.807, 2.05) is 18.0 Å². The highest BCUT2D eigenvalue weighted by molar-refractivity contribution is 7.99. The summed E-state index contributed by atoms with van der Waals surface area (Å²) >= 11 is 2.03. The van der Waals surface area contributed by atoms with Crippen molar-refractivity contribution in [3.63, 3.8) is 0 Å². The van der Waals surface area contributed by atoms with Gasteiger partial charge in [-0.1, -0.05) is 6.92 Å². The number of rotatable bonds is 3. The lowest BCUT2D eigenvalue weighted by molar-refractivity contribution is 0.450. The average molecular weight is 209 g/mol. The second kappa shape index (κ2) is 4.75. The van der Waals surface area contributed by atoms with Crippen molar-refractivity contribution in [3.05, 3.63) is 24.3 Å². The van der Waals surface area contributed by atoms with E-state index in [1.165, 1.54) is 11.5 Å². The molecule has 1 aromatic heterocycles. The lowest BCUT2D eigenvalue weighted by Gasteiger charge is -2.15. The van der Waals surface area contributed by atoms with Gasteiger partial charge in [0.05, 0.1) is 5.69 Å². The molecule has 0 spiro atoms. The van der Waals surface area contributed by atoms with Gasteiger partial charge in [-0.05, 0) is 11.7 Å². The summed E-state index contributed by atoms with van der Waals surface area (Å²) in [5, 5.41) is 3.52. The van der Waals surface area contributed by atoms with Crippen LogP contribution in [0.25, 0.3) is 0 Å². The van der Waals surface area contributed by atoms with Crippen LogP contribution < -0.4 is 5.32 Å². The van der Waals surface area contributed by atoms with Gasteiger partial charge in [-0.15, -0.1) is 0 Å². The zero-order chi connectivity index (χ0) is 9.80. The standard InChI is InChI=1S/C10H15N3S/c1-8-6-14-7-10(8)13-5-9-4-11-2-3-12-9/h2-4,8,10,13H,5-7H2,1H3. The van der Waals surface area contributed by atoms with Crippen LogP contribution in [-0.4, -0.2) is 27.5 Å². The second-order valence-corrected chi connectivity index (χ2v) is 4.77.